The highest BCUT2D eigenvalue weighted by molar-refractivity contribution is 6.29. The Balaban J connectivity index is 2.36. The molecule has 1 heterocycles. The van der Waals surface area contributed by atoms with Gasteiger partial charge in [0.25, 0.3) is 0 Å². The van der Waals surface area contributed by atoms with Gasteiger partial charge in [0.15, 0.2) is 0 Å². The van der Waals surface area contributed by atoms with E-state index in [1.165, 1.54) is 0 Å². The molecule has 0 saturated heterocycles. The second-order valence-electron chi connectivity index (χ2n) is 3.66. The molecule has 0 radical (unpaired) electrons. The molecule has 0 fully saturated rings. The molecule has 0 unspecified atom stereocenters. The Morgan fingerprint density at radius 1 is 1.22 bits per heavy atom. The summed E-state index contributed by atoms with van der Waals surface area (Å²) in [4.78, 5) is 8.50. The van der Waals surface area contributed by atoms with Crippen LogP contribution in [-0.4, -0.2) is 23.6 Å². The first-order valence-corrected chi connectivity index (χ1v) is 6.03. The number of benzene rings is 1. The molecule has 2 aromatic rings. The third-order valence-corrected chi connectivity index (χ3v) is 2.61. The van der Waals surface area contributed by atoms with Gasteiger partial charge in [-0.05, 0) is 31.2 Å². The summed E-state index contributed by atoms with van der Waals surface area (Å²) in [6, 6.07) is 9.39. The molecule has 0 atom stereocenters. The third-order valence-electron chi connectivity index (χ3n) is 2.42. The van der Waals surface area contributed by atoms with Crippen LogP contribution in [0.2, 0.25) is 5.15 Å². The Morgan fingerprint density at radius 3 is 2.56 bits per heavy atom. The summed E-state index contributed by atoms with van der Waals surface area (Å²) >= 11 is 5.98. The highest BCUT2D eigenvalue weighted by atomic mass is 35.5. The topological polar surface area (TPSA) is 47.0 Å². The summed E-state index contributed by atoms with van der Waals surface area (Å²) in [5, 5.41) is 3.47. The lowest BCUT2D eigenvalue weighted by atomic mass is 10.1. The van der Waals surface area contributed by atoms with Crippen molar-refractivity contribution in [3.63, 3.8) is 0 Å². The zero-order chi connectivity index (χ0) is 13.0. The lowest BCUT2D eigenvalue weighted by Crippen LogP contribution is -2.02. The zero-order valence-corrected chi connectivity index (χ0v) is 11.0. The number of hydrogen-bond donors (Lipinski definition) is 1. The predicted octanol–water partition coefficient (Wildman–Crippen LogP) is 3.24. The lowest BCUT2D eigenvalue weighted by molar-refractivity contribution is 0.415. The minimum atomic E-state index is 0.423. The van der Waals surface area contributed by atoms with Crippen LogP contribution in [0.1, 0.15) is 6.92 Å². The number of hydrogen-bond acceptors (Lipinski definition) is 4. The lowest BCUT2D eigenvalue weighted by Gasteiger charge is -2.06. The fourth-order valence-corrected chi connectivity index (χ4v) is 1.75. The van der Waals surface area contributed by atoms with E-state index in [2.05, 4.69) is 15.3 Å². The van der Waals surface area contributed by atoms with Crippen LogP contribution in [0.5, 0.6) is 5.75 Å². The predicted molar refractivity (Wildman–Crippen MR) is 73.2 cm³/mol. The maximum Gasteiger partial charge on any atom is 0.224 e. The monoisotopic (exact) mass is 263 g/mol. The van der Waals surface area contributed by atoms with Crippen LogP contribution >= 0.6 is 11.6 Å². The van der Waals surface area contributed by atoms with Gasteiger partial charge in [0, 0.05) is 18.2 Å². The van der Waals surface area contributed by atoms with Crippen LogP contribution in [0.3, 0.4) is 0 Å². The van der Waals surface area contributed by atoms with E-state index in [4.69, 9.17) is 16.3 Å². The molecule has 0 saturated carbocycles. The van der Waals surface area contributed by atoms with Crippen molar-refractivity contribution in [2.24, 2.45) is 0 Å². The van der Waals surface area contributed by atoms with Crippen LogP contribution < -0.4 is 10.1 Å². The van der Waals surface area contributed by atoms with Gasteiger partial charge in [0.2, 0.25) is 5.95 Å². The molecular weight excluding hydrogens is 250 g/mol. The van der Waals surface area contributed by atoms with Crippen molar-refractivity contribution in [2.75, 3.05) is 19.0 Å². The van der Waals surface area contributed by atoms with Crippen LogP contribution in [0.15, 0.2) is 30.3 Å². The molecule has 0 aliphatic carbocycles. The Labute approximate surface area is 111 Å². The van der Waals surface area contributed by atoms with Crippen molar-refractivity contribution in [3.8, 4) is 17.0 Å². The zero-order valence-electron chi connectivity index (χ0n) is 10.3. The first-order valence-electron chi connectivity index (χ1n) is 5.66. The number of nitrogens with one attached hydrogen (secondary N) is 1. The second kappa shape index (κ2) is 5.69. The van der Waals surface area contributed by atoms with Crippen LogP contribution in [-0.2, 0) is 0 Å². The van der Waals surface area contributed by atoms with Crippen molar-refractivity contribution in [2.45, 2.75) is 6.92 Å². The van der Waals surface area contributed by atoms with Gasteiger partial charge in [-0.3, -0.25) is 0 Å². The van der Waals surface area contributed by atoms with E-state index in [0.29, 0.717) is 11.1 Å². The molecule has 94 valence electrons. The van der Waals surface area contributed by atoms with Gasteiger partial charge in [-0.1, -0.05) is 11.6 Å². The number of ether oxygens (including phenoxy) is 1. The minimum absolute atomic E-state index is 0.423. The van der Waals surface area contributed by atoms with E-state index in [9.17, 15) is 0 Å². The summed E-state index contributed by atoms with van der Waals surface area (Å²) in [7, 11) is 1.64. The van der Waals surface area contributed by atoms with E-state index >= 15 is 0 Å². The number of nitrogens with zero attached hydrogens (tertiary/aromatic N) is 2. The van der Waals surface area contributed by atoms with Gasteiger partial charge >= 0.3 is 0 Å². The number of anilines is 1. The van der Waals surface area contributed by atoms with Gasteiger partial charge in [-0.15, -0.1) is 0 Å². The standard InChI is InChI=1S/C13H14ClN3O/c1-3-15-13-16-11(8-12(14)17-13)9-4-6-10(18-2)7-5-9/h4-8H,3H2,1-2H3,(H,15,16,17). The second-order valence-corrected chi connectivity index (χ2v) is 4.05. The van der Waals surface area contributed by atoms with Crippen LogP contribution in [0, 0.1) is 0 Å². The smallest absolute Gasteiger partial charge is 0.224 e. The molecule has 4 nitrogen and oxygen atoms in total. The van der Waals surface area contributed by atoms with E-state index in [1.54, 1.807) is 13.2 Å². The normalized spacial score (nSPS) is 10.2. The fraction of sp³-hybridized carbons (Fsp3) is 0.231. The highest BCUT2D eigenvalue weighted by Gasteiger charge is 2.05. The molecule has 0 spiro atoms. The summed E-state index contributed by atoms with van der Waals surface area (Å²) in [5.41, 5.74) is 1.76. The Kier molecular flexibility index (Phi) is 3.99. The van der Waals surface area contributed by atoms with E-state index in [0.717, 1.165) is 23.6 Å². The van der Waals surface area contributed by atoms with Crippen molar-refractivity contribution in [1.29, 1.82) is 0 Å². The van der Waals surface area contributed by atoms with Gasteiger partial charge in [-0.2, -0.15) is 0 Å². The maximum atomic E-state index is 5.98. The Morgan fingerprint density at radius 2 is 1.94 bits per heavy atom. The fourth-order valence-electron chi connectivity index (χ4n) is 1.56. The minimum Gasteiger partial charge on any atom is -0.497 e. The molecule has 0 aliphatic heterocycles. The maximum absolute atomic E-state index is 5.98. The molecule has 1 aromatic carbocycles. The van der Waals surface area contributed by atoms with E-state index in [-0.39, 0.29) is 0 Å². The molecule has 18 heavy (non-hydrogen) atoms. The van der Waals surface area contributed by atoms with Crippen molar-refractivity contribution in [3.05, 3.63) is 35.5 Å². The van der Waals surface area contributed by atoms with Gasteiger partial charge in [0.1, 0.15) is 10.9 Å². The molecule has 1 N–H and O–H groups in total. The van der Waals surface area contributed by atoms with E-state index in [1.807, 2.05) is 31.2 Å². The summed E-state index contributed by atoms with van der Waals surface area (Å²) < 4.78 is 5.12. The van der Waals surface area contributed by atoms with Gasteiger partial charge in [-0.25, -0.2) is 9.97 Å². The molecule has 5 heteroatoms. The number of aromatic nitrogens is 2. The van der Waals surface area contributed by atoms with Gasteiger partial charge < -0.3 is 10.1 Å². The summed E-state index contributed by atoms with van der Waals surface area (Å²) in [5.74, 6) is 1.35. The summed E-state index contributed by atoms with van der Waals surface area (Å²) in [6.45, 7) is 2.74. The quantitative estimate of drug-likeness (QED) is 0.861. The molecule has 1 aromatic heterocycles. The first-order chi connectivity index (χ1) is 8.72. The largest absolute Gasteiger partial charge is 0.497 e. The third kappa shape index (κ3) is 2.90. The molecule has 0 bridgehead atoms. The van der Waals surface area contributed by atoms with Crippen molar-refractivity contribution in [1.82, 2.24) is 9.97 Å². The Bertz CT molecular complexity index is 528. The number of methoxy groups -OCH3 is 1. The summed E-state index contributed by atoms with van der Waals surface area (Å²) in [6.07, 6.45) is 0. The molecular formula is C13H14ClN3O. The number of rotatable bonds is 4. The highest BCUT2D eigenvalue weighted by Crippen LogP contribution is 2.23. The van der Waals surface area contributed by atoms with Crippen molar-refractivity contribution < 1.29 is 4.74 Å². The Hall–Kier alpha value is -1.81. The van der Waals surface area contributed by atoms with Crippen LogP contribution in [0.25, 0.3) is 11.3 Å². The van der Waals surface area contributed by atoms with E-state index < -0.39 is 0 Å². The average Bonchev–Trinajstić information content (AvgIpc) is 2.38. The molecule has 2 rings (SSSR count). The van der Waals surface area contributed by atoms with Crippen LogP contribution in [0.4, 0.5) is 5.95 Å². The van der Waals surface area contributed by atoms with Gasteiger partial charge in [0.05, 0.1) is 12.8 Å². The van der Waals surface area contributed by atoms with Crippen molar-refractivity contribution >= 4 is 17.5 Å². The first kappa shape index (κ1) is 12.6. The SMILES string of the molecule is CCNc1nc(Cl)cc(-c2ccc(OC)cc2)n1. The average molecular weight is 264 g/mol. The molecule has 0 aliphatic rings. The number of halogens is 1. The molecule has 0 amide bonds.